The summed E-state index contributed by atoms with van der Waals surface area (Å²) >= 11 is 0. The lowest BCUT2D eigenvalue weighted by Gasteiger charge is -2.23. The van der Waals surface area contributed by atoms with Gasteiger partial charge in [-0.2, -0.15) is 0 Å². The van der Waals surface area contributed by atoms with E-state index >= 15 is 0 Å². The summed E-state index contributed by atoms with van der Waals surface area (Å²) in [5.74, 6) is 1.90. The fourth-order valence-corrected chi connectivity index (χ4v) is 2.78. The van der Waals surface area contributed by atoms with E-state index in [1.54, 1.807) is 6.20 Å². The van der Waals surface area contributed by atoms with Crippen LogP contribution in [0.4, 0.5) is 0 Å². The van der Waals surface area contributed by atoms with Gasteiger partial charge < -0.3 is 14.8 Å². The van der Waals surface area contributed by atoms with Crippen LogP contribution in [0.5, 0.6) is 11.6 Å². The van der Waals surface area contributed by atoms with Crippen molar-refractivity contribution >= 4 is 0 Å². The molecular formula is C19H24N2O2. The topological polar surface area (TPSA) is 43.4 Å². The average Bonchev–Trinajstić information content (AvgIpc) is 2.63. The minimum Gasteiger partial charge on any atom is -0.488 e. The van der Waals surface area contributed by atoms with Gasteiger partial charge in [-0.15, -0.1) is 0 Å². The first-order chi connectivity index (χ1) is 11.4. The summed E-state index contributed by atoms with van der Waals surface area (Å²) in [6, 6.07) is 14.1. The first-order valence-electron chi connectivity index (χ1n) is 8.37. The fourth-order valence-electron chi connectivity index (χ4n) is 2.78. The Bertz CT molecular complexity index is 583. The number of rotatable bonds is 7. The summed E-state index contributed by atoms with van der Waals surface area (Å²) in [4.78, 5) is 4.31. The van der Waals surface area contributed by atoms with Crippen LogP contribution >= 0.6 is 0 Å². The third-order valence-electron chi connectivity index (χ3n) is 4.08. The van der Waals surface area contributed by atoms with Crippen molar-refractivity contribution in [3.8, 4) is 11.6 Å². The van der Waals surface area contributed by atoms with Crippen LogP contribution in [0.15, 0.2) is 48.7 Å². The lowest BCUT2D eigenvalue weighted by molar-refractivity contribution is 0.203. The maximum absolute atomic E-state index is 5.95. The number of ether oxygens (including phenoxy) is 2. The first kappa shape index (κ1) is 15.8. The maximum Gasteiger partial charge on any atom is 0.256 e. The van der Waals surface area contributed by atoms with Crippen LogP contribution in [-0.4, -0.2) is 31.3 Å². The van der Waals surface area contributed by atoms with Crippen molar-refractivity contribution in [1.29, 1.82) is 0 Å². The van der Waals surface area contributed by atoms with E-state index in [0.717, 1.165) is 25.3 Å². The molecule has 3 rings (SSSR count). The molecule has 4 heteroatoms. The van der Waals surface area contributed by atoms with E-state index in [4.69, 9.17) is 9.47 Å². The van der Waals surface area contributed by atoms with E-state index < -0.39 is 0 Å². The van der Waals surface area contributed by atoms with Crippen molar-refractivity contribution in [2.24, 2.45) is 5.92 Å². The molecule has 2 aromatic rings. The monoisotopic (exact) mass is 312 g/mol. The summed E-state index contributed by atoms with van der Waals surface area (Å²) in [7, 11) is 0. The molecule has 1 fully saturated rings. The molecule has 1 unspecified atom stereocenters. The zero-order chi connectivity index (χ0) is 15.7. The predicted molar refractivity (Wildman–Crippen MR) is 91.0 cm³/mol. The highest BCUT2D eigenvalue weighted by molar-refractivity contribution is 5.32. The van der Waals surface area contributed by atoms with Crippen LogP contribution in [0.1, 0.15) is 18.4 Å². The summed E-state index contributed by atoms with van der Waals surface area (Å²) < 4.78 is 11.8. The van der Waals surface area contributed by atoms with Crippen molar-refractivity contribution in [2.45, 2.75) is 19.3 Å². The van der Waals surface area contributed by atoms with Gasteiger partial charge in [-0.1, -0.05) is 30.3 Å². The Morgan fingerprint density at radius 3 is 2.83 bits per heavy atom. The predicted octanol–water partition coefficient (Wildman–Crippen LogP) is 3.08. The Morgan fingerprint density at radius 2 is 2.00 bits per heavy atom. The minimum absolute atomic E-state index is 0.570. The highest BCUT2D eigenvalue weighted by Crippen LogP contribution is 2.25. The Balaban J connectivity index is 1.50. The van der Waals surface area contributed by atoms with E-state index in [2.05, 4.69) is 22.4 Å². The third kappa shape index (κ3) is 4.96. The molecule has 1 aliphatic heterocycles. The Hall–Kier alpha value is -2.07. The van der Waals surface area contributed by atoms with Gasteiger partial charge in [0.25, 0.3) is 5.88 Å². The second-order valence-corrected chi connectivity index (χ2v) is 5.91. The van der Waals surface area contributed by atoms with Gasteiger partial charge in [-0.3, -0.25) is 0 Å². The molecule has 1 atom stereocenters. The Morgan fingerprint density at radius 1 is 1.09 bits per heavy atom. The van der Waals surface area contributed by atoms with Crippen molar-refractivity contribution in [3.63, 3.8) is 0 Å². The number of pyridine rings is 1. The van der Waals surface area contributed by atoms with Gasteiger partial charge in [0, 0.05) is 25.1 Å². The number of piperidine rings is 1. The van der Waals surface area contributed by atoms with Crippen molar-refractivity contribution in [1.82, 2.24) is 10.3 Å². The highest BCUT2D eigenvalue weighted by Gasteiger charge is 2.15. The largest absolute Gasteiger partial charge is 0.488 e. The van der Waals surface area contributed by atoms with E-state index in [1.165, 1.54) is 18.4 Å². The molecule has 0 aliphatic carbocycles. The lowest BCUT2D eigenvalue weighted by Crippen LogP contribution is -2.33. The highest BCUT2D eigenvalue weighted by atomic mass is 16.5. The summed E-state index contributed by atoms with van der Waals surface area (Å²) in [5.41, 5.74) is 1.26. The van der Waals surface area contributed by atoms with Crippen LogP contribution in [0.25, 0.3) is 0 Å². The van der Waals surface area contributed by atoms with Crippen molar-refractivity contribution in [2.75, 3.05) is 26.3 Å². The van der Waals surface area contributed by atoms with Crippen LogP contribution in [0.2, 0.25) is 0 Å². The Labute approximate surface area is 137 Å². The van der Waals surface area contributed by atoms with E-state index in [0.29, 0.717) is 25.0 Å². The molecule has 1 aliphatic rings. The molecule has 0 bridgehead atoms. The summed E-state index contributed by atoms with van der Waals surface area (Å²) in [5, 5.41) is 3.41. The second kappa shape index (κ2) is 8.53. The molecule has 1 aromatic carbocycles. The van der Waals surface area contributed by atoms with E-state index in [-0.39, 0.29) is 0 Å². The number of nitrogens with zero attached hydrogens (tertiary/aromatic N) is 1. The molecule has 23 heavy (non-hydrogen) atoms. The van der Waals surface area contributed by atoms with Gasteiger partial charge in [-0.05, 0) is 37.1 Å². The minimum atomic E-state index is 0.570. The smallest absolute Gasteiger partial charge is 0.256 e. The lowest BCUT2D eigenvalue weighted by atomic mass is 10.0. The third-order valence-corrected chi connectivity index (χ3v) is 4.08. The van der Waals surface area contributed by atoms with Crippen molar-refractivity contribution < 1.29 is 9.47 Å². The van der Waals surface area contributed by atoms with E-state index in [9.17, 15) is 0 Å². The standard InChI is InChI=1S/C19H24N2O2/c1-2-6-16(7-3-1)10-13-22-19-18(9-5-12-21-19)23-15-17-8-4-11-20-14-17/h1-3,5-7,9,12,17,20H,4,8,10-11,13-15H2. The number of benzene rings is 1. The molecular weight excluding hydrogens is 288 g/mol. The van der Waals surface area contributed by atoms with Gasteiger partial charge >= 0.3 is 0 Å². The molecule has 1 N–H and O–H groups in total. The van der Waals surface area contributed by atoms with Crippen LogP contribution in [0.3, 0.4) is 0 Å². The zero-order valence-corrected chi connectivity index (χ0v) is 13.4. The molecule has 0 saturated carbocycles. The van der Waals surface area contributed by atoms with Crippen LogP contribution in [0, 0.1) is 5.92 Å². The van der Waals surface area contributed by atoms with Gasteiger partial charge in [0.15, 0.2) is 5.75 Å². The molecule has 4 nitrogen and oxygen atoms in total. The second-order valence-electron chi connectivity index (χ2n) is 5.91. The molecule has 2 heterocycles. The molecule has 0 spiro atoms. The molecule has 0 amide bonds. The van der Waals surface area contributed by atoms with Crippen molar-refractivity contribution in [3.05, 3.63) is 54.2 Å². The maximum atomic E-state index is 5.95. The van der Waals surface area contributed by atoms with Gasteiger partial charge in [0.05, 0.1) is 13.2 Å². The van der Waals surface area contributed by atoms with Gasteiger partial charge in [0.1, 0.15) is 0 Å². The number of hydrogen-bond acceptors (Lipinski definition) is 4. The molecule has 0 radical (unpaired) electrons. The first-order valence-corrected chi connectivity index (χ1v) is 8.37. The Kier molecular flexibility index (Phi) is 5.87. The zero-order valence-electron chi connectivity index (χ0n) is 13.4. The summed E-state index contributed by atoms with van der Waals surface area (Å²) in [6.45, 7) is 3.47. The fraction of sp³-hybridized carbons (Fsp3) is 0.421. The van der Waals surface area contributed by atoms with Crippen LogP contribution < -0.4 is 14.8 Å². The van der Waals surface area contributed by atoms with E-state index in [1.807, 2.05) is 30.3 Å². The normalized spacial score (nSPS) is 17.7. The molecule has 122 valence electrons. The van der Waals surface area contributed by atoms with Gasteiger partial charge in [-0.25, -0.2) is 4.98 Å². The van der Waals surface area contributed by atoms with Gasteiger partial charge in [0.2, 0.25) is 0 Å². The number of nitrogens with one attached hydrogen (secondary N) is 1. The average molecular weight is 312 g/mol. The summed E-state index contributed by atoms with van der Waals surface area (Å²) in [6.07, 6.45) is 5.05. The number of aromatic nitrogens is 1. The quantitative estimate of drug-likeness (QED) is 0.853. The molecule has 1 saturated heterocycles. The molecule has 1 aromatic heterocycles. The SMILES string of the molecule is c1ccc(CCOc2ncccc2OCC2CCCNC2)cc1. The number of hydrogen-bond donors (Lipinski definition) is 1. The van der Waals surface area contributed by atoms with Crippen LogP contribution in [-0.2, 0) is 6.42 Å².